The quantitative estimate of drug-likeness (QED) is 0.168. The molecule has 6 fully saturated rings. The number of likely N-dealkylation sites (tertiary alicyclic amines) is 1. The number of anilines is 1. The van der Waals surface area contributed by atoms with E-state index in [0.717, 1.165) is 64.2 Å². The number of fused-ring (bicyclic) bond motifs is 1. The minimum atomic E-state index is -4.29. The molecular weight excluding hydrogens is 741 g/mol. The summed E-state index contributed by atoms with van der Waals surface area (Å²) in [7, 11) is -2.68. The zero-order chi connectivity index (χ0) is 41.3. The van der Waals surface area contributed by atoms with Gasteiger partial charge in [-0.3, -0.25) is 24.0 Å². The summed E-state index contributed by atoms with van der Waals surface area (Å²) in [6.07, 6.45) is 11.8. The summed E-state index contributed by atoms with van der Waals surface area (Å²) in [5.41, 5.74) is -1.98. The first-order chi connectivity index (χ1) is 26.8. The molecule has 1 aromatic rings. The van der Waals surface area contributed by atoms with Gasteiger partial charge >= 0.3 is 0 Å². The van der Waals surface area contributed by atoms with E-state index in [1.165, 1.54) is 6.07 Å². The number of benzene rings is 1. The maximum absolute atomic E-state index is 15.2. The van der Waals surface area contributed by atoms with Crippen molar-refractivity contribution in [3.8, 4) is 0 Å². The number of Topliss-reactive ketones (excluding diaryl/α,β-unsaturated/α-hetero) is 2. The van der Waals surface area contributed by atoms with Crippen molar-refractivity contribution in [3.05, 3.63) is 36.9 Å². The van der Waals surface area contributed by atoms with Gasteiger partial charge in [-0.05, 0) is 91.6 Å². The van der Waals surface area contributed by atoms with E-state index in [-0.39, 0.29) is 75.6 Å². The second kappa shape index (κ2) is 14.6. The standard InChI is InChI=1S/C45H64N4O7S/c1-8-30-24-43(30,40(54)48-57(55,56)36-18-13-12-17-32(36)46-7)26-35(51)33-25-45(42(5,6)44(45)21-14-22-44)27-49(33)39(53)31(41(2,3)4)23-34(50)37(28-15-10-9-11-16-28)47-38(52)29-19-20-29/h8,12-13,17-18,28-31,33,37,46H,1,9-11,14-16,19-27H2,2-7H3,(H,47,52)(H,48,54)/t30-,31-,33+,37+,43-,45-/m1/s1. The lowest BCUT2D eigenvalue weighted by Crippen LogP contribution is -2.51. The summed E-state index contributed by atoms with van der Waals surface area (Å²) in [5, 5.41) is 5.99. The van der Waals surface area contributed by atoms with Crippen molar-refractivity contribution >= 4 is 45.0 Å². The lowest BCUT2D eigenvalue weighted by Gasteiger charge is -2.37. The third-order valence-electron chi connectivity index (χ3n) is 16.0. The van der Waals surface area contributed by atoms with Crippen LogP contribution in [-0.4, -0.2) is 68.3 Å². The van der Waals surface area contributed by atoms with Crippen LogP contribution >= 0.6 is 0 Å². The topological polar surface area (TPSA) is 159 Å². The normalized spacial score (nSPS) is 29.8. The van der Waals surface area contributed by atoms with Crippen molar-refractivity contribution in [1.29, 1.82) is 0 Å². The molecule has 5 saturated carbocycles. The first kappa shape index (κ1) is 41.6. The van der Waals surface area contributed by atoms with Crippen LogP contribution in [0.1, 0.15) is 125 Å². The van der Waals surface area contributed by atoms with Crippen LogP contribution in [0.3, 0.4) is 0 Å². The molecule has 3 amide bonds. The second-order valence-electron chi connectivity index (χ2n) is 20.1. The monoisotopic (exact) mass is 804 g/mol. The van der Waals surface area contributed by atoms with E-state index in [1.54, 1.807) is 36.2 Å². The number of carbonyl (C=O) groups excluding carboxylic acids is 5. The third kappa shape index (κ3) is 6.97. The molecule has 11 nitrogen and oxygen atoms in total. The van der Waals surface area contributed by atoms with Gasteiger partial charge in [0.1, 0.15) is 4.90 Å². The van der Waals surface area contributed by atoms with Gasteiger partial charge in [0.15, 0.2) is 11.6 Å². The Bertz CT molecular complexity index is 1940. The van der Waals surface area contributed by atoms with Crippen molar-refractivity contribution in [3.63, 3.8) is 0 Å². The van der Waals surface area contributed by atoms with Gasteiger partial charge in [0, 0.05) is 43.7 Å². The van der Waals surface area contributed by atoms with E-state index in [2.05, 4.69) is 35.8 Å². The van der Waals surface area contributed by atoms with Gasteiger partial charge in [0.05, 0.1) is 23.2 Å². The van der Waals surface area contributed by atoms with E-state index >= 15 is 4.79 Å². The minimum absolute atomic E-state index is 0.0207. The highest BCUT2D eigenvalue weighted by Gasteiger charge is 2.85. The molecule has 1 saturated heterocycles. The van der Waals surface area contributed by atoms with Crippen LogP contribution in [-0.2, 0) is 34.0 Å². The summed E-state index contributed by atoms with van der Waals surface area (Å²) in [4.78, 5) is 73.4. The van der Waals surface area contributed by atoms with Gasteiger partial charge < -0.3 is 15.5 Å². The highest BCUT2D eigenvalue weighted by atomic mass is 32.2. The molecule has 12 heteroatoms. The molecule has 0 aromatic heterocycles. The molecule has 57 heavy (non-hydrogen) atoms. The molecule has 5 aliphatic carbocycles. The Morgan fingerprint density at radius 1 is 0.947 bits per heavy atom. The Morgan fingerprint density at radius 2 is 1.61 bits per heavy atom. The number of nitrogens with one attached hydrogen (secondary N) is 3. The van der Waals surface area contributed by atoms with Gasteiger partial charge in [-0.1, -0.05) is 78.5 Å². The molecule has 0 unspecified atom stereocenters. The summed E-state index contributed by atoms with van der Waals surface area (Å²) in [6.45, 7) is 14.7. The van der Waals surface area contributed by atoms with E-state index in [0.29, 0.717) is 18.7 Å². The Morgan fingerprint density at radius 3 is 2.16 bits per heavy atom. The Hall–Kier alpha value is -3.54. The second-order valence-corrected chi connectivity index (χ2v) is 21.8. The zero-order valence-corrected chi connectivity index (χ0v) is 35.7. The minimum Gasteiger partial charge on any atom is -0.387 e. The van der Waals surface area contributed by atoms with Crippen LogP contribution < -0.4 is 15.4 Å². The summed E-state index contributed by atoms with van der Waals surface area (Å²) >= 11 is 0. The lowest BCUT2D eigenvalue weighted by atomic mass is 9.73. The number of sulfonamides is 1. The van der Waals surface area contributed by atoms with E-state index in [9.17, 15) is 27.6 Å². The maximum atomic E-state index is 15.2. The van der Waals surface area contributed by atoms with Crippen LogP contribution in [0.25, 0.3) is 0 Å². The number of nitrogens with zero attached hydrogens (tertiary/aromatic N) is 1. The Kier molecular flexibility index (Phi) is 10.7. The zero-order valence-electron chi connectivity index (χ0n) is 34.9. The molecule has 1 aliphatic heterocycles. The van der Waals surface area contributed by atoms with Gasteiger partial charge in [-0.2, -0.15) is 0 Å². The maximum Gasteiger partial charge on any atom is 0.266 e. The van der Waals surface area contributed by atoms with Gasteiger partial charge in [0.25, 0.3) is 10.0 Å². The predicted octanol–water partition coefficient (Wildman–Crippen LogP) is 6.58. The number of carbonyl (C=O) groups is 5. The SMILES string of the molecule is C=C[C@@H]1C[C@]1(CC(=O)[C@@H]1C[C@@]2(CN1C(=O)[C@@H](CC(=O)[C@@H](NC(=O)C1CC1)C1CCCCC1)C(C)(C)C)C(C)(C)C21CCC1)C(=O)NS(=O)(=O)c1ccccc1NC. The predicted molar refractivity (Wildman–Crippen MR) is 218 cm³/mol. The van der Waals surface area contributed by atoms with Gasteiger partial charge in [-0.15, -0.1) is 6.58 Å². The third-order valence-corrected chi connectivity index (χ3v) is 17.4. The van der Waals surface area contributed by atoms with E-state index in [4.69, 9.17) is 0 Å². The number of ketones is 2. The van der Waals surface area contributed by atoms with Crippen LogP contribution in [0.15, 0.2) is 41.8 Å². The molecular formula is C45H64N4O7S. The molecule has 7 rings (SSSR count). The highest BCUT2D eigenvalue weighted by molar-refractivity contribution is 7.90. The van der Waals surface area contributed by atoms with Crippen LogP contribution in [0, 0.1) is 50.7 Å². The number of hydrogen-bond donors (Lipinski definition) is 3. The fraction of sp³-hybridized carbons (Fsp3) is 0.711. The van der Waals surface area contributed by atoms with Gasteiger partial charge in [0.2, 0.25) is 17.7 Å². The highest BCUT2D eigenvalue weighted by Crippen LogP contribution is 2.88. The van der Waals surface area contributed by atoms with E-state index in [1.807, 2.05) is 20.8 Å². The molecule has 312 valence electrons. The first-order valence-electron chi connectivity index (χ1n) is 21.4. The number of hydrogen-bond acceptors (Lipinski definition) is 8. The first-order valence-corrected chi connectivity index (χ1v) is 22.9. The van der Waals surface area contributed by atoms with Crippen LogP contribution in [0.2, 0.25) is 0 Å². The van der Waals surface area contributed by atoms with Crippen molar-refractivity contribution < 1.29 is 32.4 Å². The fourth-order valence-electron chi connectivity index (χ4n) is 11.8. The molecule has 1 heterocycles. The number of rotatable bonds is 15. The molecule has 1 aromatic carbocycles. The summed E-state index contributed by atoms with van der Waals surface area (Å²) < 4.78 is 29.4. The van der Waals surface area contributed by atoms with Crippen molar-refractivity contribution in [2.45, 2.75) is 141 Å². The van der Waals surface area contributed by atoms with Crippen molar-refractivity contribution in [2.75, 3.05) is 18.9 Å². The molecule has 2 spiro atoms. The van der Waals surface area contributed by atoms with Crippen molar-refractivity contribution in [2.24, 2.45) is 50.7 Å². The molecule has 3 N–H and O–H groups in total. The van der Waals surface area contributed by atoms with Crippen LogP contribution in [0.4, 0.5) is 5.69 Å². The summed E-state index contributed by atoms with van der Waals surface area (Å²) in [6, 6.07) is 4.84. The molecule has 0 bridgehead atoms. The van der Waals surface area contributed by atoms with E-state index < -0.39 is 50.7 Å². The Labute approximate surface area is 339 Å². The van der Waals surface area contributed by atoms with Crippen LogP contribution in [0.5, 0.6) is 0 Å². The molecule has 6 aliphatic rings. The summed E-state index contributed by atoms with van der Waals surface area (Å²) in [5.74, 6) is -2.59. The fourth-order valence-corrected chi connectivity index (χ4v) is 13.0. The Balaban J connectivity index is 1.16. The van der Waals surface area contributed by atoms with Gasteiger partial charge in [-0.25, -0.2) is 13.1 Å². The number of amides is 3. The number of para-hydroxylation sites is 1. The van der Waals surface area contributed by atoms with Crippen molar-refractivity contribution in [1.82, 2.24) is 14.9 Å². The average molecular weight is 805 g/mol. The lowest BCUT2D eigenvalue weighted by molar-refractivity contribution is -0.147. The smallest absolute Gasteiger partial charge is 0.266 e. The number of allylic oxidation sites excluding steroid dienone is 1. The molecule has 0 radical (unpaired) electrons. The molecule has 6 atom stereocenters. The average Bonchev–Trinajstić information content (AvgIpc) is 4.10. The largest absolute Gasteiger partial charge is 0.387 e.